The predicted molar refractivity (Wildman–Crippen MR) is 79.7 cm³/mol. The second kappa shape index (κ2) is 4.98. The number of hydrogen-bond donors (Lipinski definition) is 1. The predicted octanol–water partition coefficient (Wildman–Crippen LogP) is 2.23. The number of carbonyl (C=O) groups excluding carboxylic acids is 2. The van der Waals surface area contributed by atoms with E-state index in [0.717, 1.165) is 37.1 Å². The minimum Gasteiger partial charge on any atom is -0.351 e. The molecule has 2 aromatic rings. The molecule has 2 heterocycles. The van der Waals surface area contributed by atoms with Crippen LogP contribution in [0.3, 0.4) is 0 Å². The fourth-order valence-electron chi connectivity index (χ4n) is 2.76. The van der Waals surface area contributed by atoms with Gasteiger partial charge in [-0.15, -0.1) is 0 Å². The van der Waals surface area contributed by atoms with Crippen LogP contribution in [0.1, 0.15) is 29.0 Å². The Labute approximate surface area is 127 Å². The monoisotopic (exact) mass is 297 g/mol. The number of rotatable bonds is 3. The summed E-state index contributed by atoms with van der Waals surface area (Å²) in [6.07, 6.45) is 4.27. The molecule has 6 nitrogen and oxygen atoms in total. The van der Waals surface area contributed by atoms with Crippen LogP contribution in [-0.2, 0) is 11.2 Å². The van der Waals surface area contributed by atoms with Crippen molar-refractivity contribution >= 4 is 23.2 Å². The van der Waals surface area contributed by atoms with Crippen LogP contribution in [0.25, 0.3) is 0 Å². The van der Waals surface area contributed by atoms with Crippen LogP contribution in [0.2, 0.25) is 0 Å². The molecule has 4 rings (SSSR count). The second-order valence-electron chi connectivity index (χ2n) is 5.69. The van der Waals surface area contributed by atoms with Crippen molar-refractivity contribution in [3.05, 3.63) is 41.8 Å². The lowest BCUT2D eigenvalue weighted by Crippen LogP contribution is -2.30. The third-order valence-corrected chi connectivity index (χ3v) is 4.09. The molecule has 1 fully saturated rings. The zero-order valence-corrected chi connectivity index (χ0v) is 11.9. The van der Waals surface area contributed by atoms with Gasteiger partial charge in [0.2, 0.25) is 11.7 Å². The first-order chi connectivity index (χ1) is 10.7. The van der Waals surface area contributed by atoms with E-state index in [-0.39, 0.29) is 23.5 Å². The first-order valence-electron chi connectivity index (χ1n) is 7.39. The third kappa shape index (κ3) is 2.26. The highest BCUT2D eigenvalue weighted by Crippen LogP contribution is 2.37. The number of nitrogens with one attached hydrogen (secondary N) is 1. The number of carbonyl (C=O) groups is 2. The fourth-order valence-corrected chi connectivity index (χ4v) is 2.76. The average molecular weight is 297 g/mol. The Morgan fingerprint density at radius 2 is 2.14 bits per heavy atom. The van der Waals surface area contributed by atoms with Crippen LogP contribution in [0, 0.1) is 5.92 Å². The minimum absolute atomic E-state index is 0.159. The SMILES string of the molecule is O=C(Nc1ccc2c(c1)N(C(=O)C1CC1)CC2)c1ccno1. The number of benzene rings is 1. The Morgan fingerprint density at radius 3 is 2.86 bits per heavy atom. The summed E-state index contributed by atoms with van der Waals surface area (Å²) in [5, 5.41) is 6.28. The van der Waals surface area contributed by atoms with Gasteiger partial charge in [0.05, 0.1) is 6.20 Å². The molecule has 0 bridgehead atoms. The maximum Gasteiger partial charge on any atom is 0.294 e. The van der Waals surface area contributed by atoms with Crippen molar-refractivity contribution in [3.63, 3.8) is 0 Å². The standard InChI is InChI=1S/C16H15N3O3/c20-15(14-5-7-17-22-14)18-12-4-3-10-6-8-19(13(10)9-12)16(21)11-1-2-11/h3-5,7,9,11H,1-2,6,8H2,(H,18,20). The summed E-state index contributed by atoms with van der Waals surface area (Å²) in [6.45, 7) is 0.726. The molecule has 1 N–H and O–H groups in total. The van der Waals surface area contributed by atoms with E-state index in [9.17, 15) is 9.59 Å². The largest absolute Gasteiger partial charge is 0.351 e. The van der Waals surface area contributed by atoms with Gasteiger partial charge in [-0.05, 0) is 37.0 Å². The first kappa shape index (κ1) is 13.1. The van der Waals surface area contributed by atoms with Gasteiger partial charge in [-0.25, -0.2) is 0 Å². The van der Waals surface area contributed by atoms with Crippen LogP contribution in [-0.4, -0.2) is 23.5 Å². The lowest BCUT2D eigenvalue weighted by Gasteiger charge is -2.17. The zero-order valence-electron chi connectivity index (χ0n) is 11.9. The van der Waals surface area contributed by atoms with Gasteiger partial charge >= 0.3 is 0 Å². The number of hydrogen-bond acceptors (Lipinski definition) is 4. The van der Waals surface area contributed by atoms with Crippen LogP contribution in [0.15, 0.2) is 35.0 Å². The molecule has 2 amide bonds. The Morgan fingerprint density at radius 1 is 1.27 bits per heavy atom. The van der Waals surface area contributed by atoms with Crippen molar-refractivity contribution < 1.29 is 14.1 Å². The van der Waals surface area contributed by atoms with Gasteiger partial charge in [0.15, 0.2) is 0 Å². The van der Waals surface area contributed by atoms with Gasteiger partial charge < -0.3 is 14.7 Å². The van der Waals surface area contributed by atoms with E-state index in [1.807, 2.05) is 23.1 Å². The quantitative estimate of drug-likeness (QED) is 0.942. The molecule has 1 aliphatic carbocycles. The van der Waals surface area contributed by atoms with Gasteiger partial charge in [-0.2, -0.15) is 0 Å². The van der Waals surface area contributed by atoms with E-state index in [1.165, 1.54) is 12.3 Å². The van der Waals surface area contributed by atoms with Crippen LogP contribution in [0.5, 0.6) is 0 Å². The molecule has 0 radical (unpaired) electrons. The van der Waals surface area contributed by atoms with Crippen molar-refractivity contribution in [1.29, 1.82) is 0 Å². The zero-order chi connectivity index (χ0) is 15.1. The molecule has 1 aliphatic heterocycles. The van der Waals surface area contributed by atoms with Crippen LogP contribution < -0.4 is 10.2 Å². The number of aromatic nitrogens is 1. The normalized spacial score (nSPS) is 16.5. The van der Waals surface area contributed by atoms with E-state index < -0.39 is 0 Å². The average Bonchev–Trinajstić information content (AvgIpc) is 3.07. The maximum absolute atomic E-state index is 12.3. The molecule has 0 saturated heterocycles. The fraction of sp³-hybridized carbons (Fsp3) is 0.312. The van der Waals surface area contributed by atoms with Gasteiger partial charge in [0.25, 0.3) is 5.91 Å². The first-order valence-corrected chi connectivity index (χ1v) is 7.39. The number of fused-ring (bicyclic) bond motifs is 1. The molecule has 22 heavy (non-hydrogen) atoms. The summed E-state index contributed by atoms with van der Waals surface area (Å²) in [5.41, 5.74) is 2.70. The molecular weight excluding hydrogens is 282 g/mol. The highest BCUT2D eigenvalue weighted by molar-refractivity contribution is 6.03. The van der Waals surface area contributed by atoms with E-state index in [0.29, 0.717) is 5.69 Å². The Bertz CT molecular complexity index is 735. The molecule has 112 valence electrons. The van der Waals surface area contributed by atoms with E-state index >= 15 is 0 Å². The van der Waals surface area contributed by atoms with Crippen molar-refractivity contribution in [2.45, 2.75) is 19.3 Å². The number of anilines is 2. The summed E-state index contributed by atoms with van der Waals surface area (Å²) >= 11 is 0. The molecule has 1 aromatic heterocycles. The number of nitrogens with zero attached hydrogens (tertiary/aromatic N) is 2. The molecule has 0 atom stereocenters. The van der Waals surface area contributed by atoms with Gasteiger partial charge in [0, 0.05) is 29.9 Å². The van der Waals surface area contributed by atoms with Crippen molar-refractivity contribution in [3.8, 4) is 0 Å². The lowest BCUT2D eigenvalue weighted by atomic mass is 10.1. The summed E-state index contributed by atoms with van der Waals surface area (Å²) < 4.78 is 4.83. The van der Waals surface area contributed by atoms with Crippen molar-refractivity contribution in [1.82, 2.24) is 5.16 Å². The molecule has 0 spiro atoms. The molecule has 1 saturated carbocycles. The van der Waals surface area contributed by atoms with Crippen molar-refractivity contribution in [2.24, 2.45) is 5.92 Å². The van der Waals surface area contributed by atoms with Crippen molar-refractivity contribution in [2.75, 3.05) is 16.8 Å². The molecular formula is C16H15N3O3. The molecule has 2 aliphatic rings. The highest BCUT2D eigenvalue weighted by atomic mass is 16.5. The van der Waals surface area contributed by atoms with E-state index in [2.05, 4.69) is 10.5 Å². The summed E-state index contributed by atoms with van der Waals surface area (Å²) in [6, 6.07) is 7.17. The van der Waals surface area contributed by atoms with Gasteiger partial charge in [0.1, 0.15) is 0 Å². The minimum atomic E-state index is -0.351. The summed E-state index contributed by atoms with van der Waals surface area (Å²) in [4.78, 5) is 26.1. The second-order valence-corrected chi connectivity index (χ2v) is 5.69. The van der Waals surface area contributed by atoms with E-state index in [1.54, 1.807) is 0 Å². The highest BCUT2D eigenvalue weighted by Gasteiger charge is 2.36. The maximum atomic E-state index is 12.3. The topological polar surface area (TPSA) is 75.4 Å². The smallest absolute Gasteiger partial charge is 0.294 e. The van der Waals surface area contributed by atoms with Gasteiger partial charge in [-0.1, -0.05) is 11.2 Å². The summed E-state index contributed by atoms with van der Waals surface area (Å²) in [5.74, 6) is 0.206. The van der Waals surface area contributed by atoms with Crippen LogP contribution >= 0.6 is 0 Å². The lowest BCUT2D eigenvalue weighted by molar-refractivity contribution is -0.119. The number of amides is 2. The van der Waals surface area contributed by atoms with E-state index in [4.69, 9.17) is 4.52 Å². The summed E-state index contributed by atoms with van der Waals surface area (Å²) in [7, 11) is 0. The molecule has 0 unspecified atom stereocenters. The van der Waals surface area contributed by atoms with Crippen LogP contribution in [0.4, 0.5) is 11.4 Å². The Balaban J connectivity index is 1.57. The molecule has 1 aromatic carbocycles. The van der Waals surface area contributed by atoms with Gasteiger partial charge in [-0.3, -0.25) is 9.59 Å². The molecule has 6 heteroatoms. The third-order valence-electron chi connectivity index (χ3n) is 4.09. The Kier molecular flexibility index (Phi) is 2.96. The Hall–Kier alpha value is -2.63.